The number of likely N-dealkylation sites (N-methyl/N-ethyl adjacent to an activating group) is 1. The molecule has 1 heterocycles. The summed E-state index contributed by atoms with van der Waals surface area (Å²) in [5, 5.41) is 10.6. The van der Waals surface area contributed by atoms with Crippen LogP contribution >= 0.6 is 0 Å². The number of benzene rings is 1. The van der Waals surface area contributed by atoms with Gasteiger partial charge in [0.1, 0.15) is 13.1 Å². The van der Waals surface area contributed by atoms with Crippen molar-refractivity contribution in [2.24, 2.45) is 0 Å². The molecule has 1 atom stereocenters. The van der Waals surface area contributed by atoms with E-state index in [-0.39, 0.29) is 17.0 Å². The number of halogens is 1. The molecule has 17 heavy (non-hydrogen) atoms. The Labute approximate surface area is 113 Å². The molecule has 1 aromatic carbocycles. The van der Waals surface area contributed by atoms with Gasteiger partial charge in [0.2, 0.25) is 5.79 Å². The number of aliphatic hydroxyl groups is 1. The molecule has 1 aliphatic rings. The highest BCUT2D eigenvalue weighted by Crippen LogP contribution is 2.30. The van der Waals surface area contributed by atoms with Gasteiger partial charge in [0.25, 0.3) is 0 Å². The van der Waals surface area contributed by atoms with Crippen LogP contribution in [0.1, 0.15) is 11.1 Å². The van der Waals surface area contributed by atoms with Crippen molar-refractivity contribution in [2.45, 2.75) is 12.7 Å². The number of hydrogen-bond acceptors (Lipinski definition) is 2. The molecule has 2 rings (SSSR count). The SMILES string of the molecule is Cc1ccccc1[C@]1(O)C[N+](C)(C)CCO1.[Br-]. The zero-order valence-electron chi connectivity index (χ0n) is 10.6. The van der Waals surface area contributed by atoms with Crippen LogP contribution in [0.2, 0.25) is 0 Å². The fourth-order valence-corrected chi connectivity index (χ4v) is 2.34. The lowest BCUT2D eigenvalue weighted by Crippen LogP contribution is -3.00. The van der Waals surface area contributed by atoms with E-state index >= 15 is 0 Å². The minimum atomic E-state index is -1.13. The molecule has 0 amide bonds. The van der Waals surface area contributed by atoms with Gasteiger partial charge in [-0.1, -0.05) is 24.3 Å². The summed E-state index contributed by atoms with van der Waals surface area (Å²) in [4.78, 5) is 0. The van der Waals surface area contributed by atoms with Crippen LogP contribution < -0.4 is 17.0 Å². The maximum absolute atomic E-state index is 10.6. The largest absolute Gasteiger partial charge is 1.00 e. The highest BCUT2D eigenvalue weighted by Gasteiger charge is 2.42. The Balaban J connectivity index is 0.00000144. The molecule has 0 bridgehead atoms. The summed E-state index contributed by atoms with van der Waals surface area (Å²) in [7, 11) is 4.23. The van der Waals surface area contributed by atoms with Gasteiger partial charge in [0.15, 0.2) is 0 Å². The maximum Gasteiger partial charge on any atom is 0.244 e. The molecule has 1 saturated heterocycles. The molecule has 1 N–H and O–H groups in total. The van der Waals surface area contributed by atoms with Gasteiger partial charge in [-0.3, -0.25) is 0 Å². The van der Waals surface area contributed by atoms with Crippen molar-refractivity contribution in [3.63, 3.8) is 0 Å². The standard InChI is InChI=1S/C13H20NO2.BrH/c1-11-6-4-5-7-12(11)13(15)10-14(2,3)8-9-16-13;/h4-7,15H,8-10H2,1-3H3;1H/q+1;/p-1/t13-;/m0./s1. The molecule has 0 spiro atoms. The summed E-state index contributed by atoms with van der Waals surface area (Å²) in [5.41, 5.74) is 1.97. The summed E-state index contributed by atoms with van der Waals surface area (Å²) < 4.78 is 6.39. The van der Waals surface area contributed by atoms with Crippen molar-refractivity contribution in [3.05, 3.63) is 35.4 Å². The predicted octanol–water partition coefficient (Wildman–Crippen LogP) is -1.75. The van der Waals surface area contributed by atoms with Crippen molar-refractivity contribution >= 4 is 0 Å². The molecular formula is C13H20BrNO2. The number of ether oxygens (including phenoxy) is 1. The average molecular weight is 302 g/mol. The first kappa shape index (κ1) is 14.6. The van der Waals surface area contributed by atoms with Gasteiger partial charge in [-0.05, 0) is 12.5 Å². The Hall–Kier alpha value is -0.420. The predicted molar refractivity (Wildman–Crippen MR) is 62.9 cm³/mol. The third-order valence-electron chi connectivity index (χ3n) is 3.25. The van der Waals surface area contributed by atoms with Crippen LogP contribution in [0.5, 0.6) is 0 Å². The fourth-order valence-electron chi connectivity index (χ4n) is 2.34. The van der Waals surface area contributed by atoms with Crippen molar-refractivity contribution in [3.8, 4) is 0 Å². The molecule has 1 fully saturated rings. The molecule has 0 aliphatic carbocycles. The quantitative estimate of drug-likeness (QED) is 0.624. The molecular weight excluding hydrogens is 282 g/mol. The monoisotopic (exact) mass is 301 g/mol. The van der Waals surface area contributed by atoms with Crippen LogP contribution in [-0.2, 0) is 10.5 Å². The van der Waals surface area contributed by atoms with Gasteiger partial charge < -0.3 is 31.3 Å². The van der Waals surface area contributed by atoms with Gasteiger partial charge in [-0.15, -0.1) is 0 Å². The lowest BCUT2D eigenvalue weighted by molar-refractivity contribution is -0.912. The summed E-state index contributed by atoms with van der Waals surface area (Å²) in [5.74, 6) is -1.13. The Bertz CT molecular complexity index is 395. The zero-order chi connectivity index (χ0) is 11.8. The highest BCUT2D eigenvalue weighted by molar-refractivity contribution is 5.29. The van der Waals surface area contributed by atoms with Crippen molar-refractivity contribution < 1.29 is 31.3 Å². The minimum Gasteiger partial charge on any atom is -1.00 e. The van der Waals surface area contributed by atoms with E-state index in [1.54, 1.807) is 0 Å². The molecule has 0 radical (unpaired) electrons. The van der Waals surface area contributed by atoms with Crippen molar-refractivity contribution in [2.75, 3.05) is 33.8 Å². The Morgan fingerprint density at radius 2 is 1.94 bits per heavy atom. The van der Waals surface area contributed by atoms with Gasteiger partial charge in [0.05, 0.1) is 20.7 Å². The summed E-state index contributed by atoms with van der Waals surface area (Å²) in [6, 6.07) is 7.87. The van der Waals surface area contributed by atoms with Crippen molar-refractivity contribution in [1.82, 2.24) is 0 Å². The molecule has 4 heteroatoms. The highest BCUT2D eigenvalue weighted by atomic mass is 79.9. The number of rotatable bonds is 1. The number of morpholine rings is 1. The van der Waals surface area contributed by atoms with Crippen molar-refractivity contribution in [1.29, 1.82) is 0 Å². The molecule has 0 aromatic heterocycles. The van der Waals surface area contributed by atoms with Gasteiger partial charge in [-0.25, -0.2) is 0 Å². The fraction of sp³-hybridized carbons (Fsp3) is 0.538. The average Bonchev–Trinajstić information content (AvgIpc) is 2.16. The minimum absolute atomic E-state index is 0. The number of aryl methyl sites for hydroxylation is 1. The summed E-state index contributed by atoms with van der Waals surface area (Å²) in [6.07, 6.45) is 0. The molecule has 0 unspecified atom stereocenters. The van der Waals surface area contributed by atoms with Crippen LogP contribution in [0.4, 0.5) is 0 Å². The van der Waals surface area contributed by atoms with Crippen LogP contribution in [-0.4, -0.2) is 43.4 Å². The maximum atomic E-state index is 10.6. The number of nitrogens with zero attached hydrogens (tertiary/aromatic N) is 1. The molecule has 96 valence electrons. The zero-order valence-corrected chi connectivity index (χ0v) is 12.2. The van der Waals surface area contributed by atoms with Gasteiger partial charge >= 0.3 is 0 Å². The van der Waals surface area contributed by atoms with E-state index in [0.29, 0.717) is 13.2 Å². The van der Waals surface area contributed by atoms with E-state index in [1.807, 2.05) is 31.2 Å². The third-order valence-corrected chi connectivity index (χ3v) is 3.25. The Morgan fingerprint density at radius 3 is 2.53 bits per heavy atom. The second-order valence-electron chi connectivity index (χ2n) is 5.27. The Kier molecular flexibility index (Phi) is 4.36. The van der Waals surface area contributed by atoms with E-state index < -0.39 is 5.79 Å². The Morgan fingerprint density at radius 1 is 1.29 bits per heavy atom. The van der Waals surface area contributed by atoms with E-state index in [9.17, 15) is 5.11 Å². The first-order valence-electron chi connectivity index (χ1n) is 5.67. The molecule has 1 aliphatic heterocycles. The van der Waals surface area contributed by atoms with Crippen LogP contribution in [0.15, 0.2) is 24.3 Å². The van der Waals surface area contributed by atoms with E-state index in [1.165, 1.54) is 0 Å². The summed E-state index contributed by atoms with van der Waals surface area (Å²) >= 11 is 0. The number of quaternary nitrogens is 1. The topological polar surface area (TPSA) is 29.5 Å². The lowest BCUT2D eigenvalue weighted by Gasteiger charge is -2.43. The van der Waals surface area contributed by atoms with E-state index in [4.69, 9.17) is 4.74 Å². The van der Waals surface area contributed by atoms with E-state index in [2.05, 4.69) is 14.1 Å². The molecule has 1 aromatic rings. The first-order chi connectivity index (χ1) is 7.43. The van der Waals surface area contributed by atoms with Gasteiger partial charge in [0, 0.05) is 5.56 Å². The van der Waals surface area contributed by atoms with Crippen LogP contribution in [0.3, 0.4) is 0 Å². The molecule has 0 saturated carbocycles. The lowest BCUT2D eigenvalue weighted by atomic mass is 9.98. The smallest absolute Gasteiger partial charge is 0.244 e. The second kappa shape index (κ2) is 5.06. The summed E-state index contributed by atoms with van der Waals surface area (Å²) in [6.45, 7) is 4.13. The third kappa shape index (κ3) is 3.07. The van der Waals surface area contributed by atoms with Gasteiger partial charge in [-0.2, -0.15) is 0 Å². The normalized spacial score (nSPS) is 27.3. The second-order valence-corrected chi connectivity index (χ2v) is 5.27. The van der Waals surface area contributed by atoms with E-state index in [0.717, 1.165) is 22.2 Å². The van der Waals surface area contributed by atoms with Crippen LogP contribution in [0, 0.1) is 6.92 Å². The first-order valence-corrected chi connectivity index (χ1v) is 5.67. The number of hydrogen-bond donors (Lipinski definition) is 1. The van der Waals surface area contributed by atoms with Crippen LogP contribution in [0.25, 0.3) is 0 Å². The molecule has 3 nitrogen and oxygen atoms in total.